The Hall–Kier alpha value is -2.54. The van der Waals surface area contributed by atoms with E-state index < -0.39 is 10.0 Å². The number of sulfonamides is 1. The lowest BCUT2D eigenvalue weighted by molar-refractivity contribution is 0.0954. The summed E-state index contributed by atoms with van der Waals surface area (Å²) in [5.41, 5.74) is 2.05. The number of para-hydroxylation sites is 1. The third kappa shape index (κ3) is 4.98. The maximum Gasteiger partial charge on any atom is 0.251 e. The van der Waals surface area contributed by atoms with Crippen molar-refractivity contribution in [1.82, 2.24) is 5.32 Å². The van der Waals surface area contributed by atoms with Crippen LogP contribution in [0.1, 0.15) is 22.8 Å². The molecule has 0 unspecified atom stereocenters. The fourth-order valence-corrected chi connectivity index (χ4v) is 3.61. The highest BCUT2D eigenvalue weighted by atomic mass is 32.2. The molecule has 0 radical (unpaired) electrons. The first kappa shape index (κ1) is 19.8. The first-order valence-electron chi connectivity index (χ1n) is 8.34. The average Bonchev–Trinajstić information content (AvgIpc) is 2.64. The zero-order valence-corrected chi connectivity index (χ0v) is 16.0. The number of methoxy groups -OCH3 is 1. The molecule has 0 aliphatic rings. The second-order valence-corrected chi connectivity index (χ2v) is 7.71. The third-order valence-corrected chi connectivity index (χ3v) is 5.15. The van der Waals surface area contributed by atoms with Gasteiger partial charge in [-0.05, 0) is 36.2 Å². The van der Waals surface area contributed by atoms with Crippen LogP contribution in [0.3, 0.4) is 0 Å². The Kier molecular flexibility index (Phi) is 6.63. The van der Waals surface area contributed by atoms with Crippen molar-refractivity contribution in [2.75, 3.05) is 30.8 Å². The highest BCUT2D eigenvalue weighted by Crippen LogP contribution is 2.23. The van der Waals surface area contributed by atoms with Gasteiger partial charge in [0.15, 0.2) is 0 Å². The van der Waals surface area contributed by atoms with Crippen LogP contribution in [0.2, 0.25) is 0 Å². The topological polar surface area (TPSA) is 75.7 Å². The van der Waals surface area contributed by atoms with Gasteiger partial charge < -0.3 is 10.1 Å². The van der Waals surface area contributed by atoms with Crippen LogP contribution in [0, 0.1) is 0 Å². The van der Waals surface area contributed by atoms with Crippen LogP contribution >= 0.6 is 0 Å². The standard InChI is InChI=1S/C19H24N2O4S/c1-4-15-8-5-6-11-18(15)21(26(3,23)24)13-12-20-19(22)16-9-7-10-17(14-16)25-2/h5-11,14H,4,12-13H2,1-3H3,(H,20,22). The highest BCUT2D eigenvalue weighted by molar-refractivity contribution is 7.92. The van der Waals surface area contributed by atoms with E-state index in [1.54, 1.807) is 30.3 Å². The van der Waals surface area contributed by atoms with Gasteiger partial charge >= 0.3 is 0 Å². The van der Waals surface area contributed by atoms with Gasteiger partial charge in [-0.25, -0.2) is 8.42 Å². The zero-order valence-electron chi connectivity index (χ0n) is 15.2. The minimum Gasteiger partial charge on any atom is -0.497 e. The van der Waals surface area contributed by atoms with E-state index in [9.17, 15) is 13.2 Å². The first-order valence-corrected chi connectivity index (χ1v) is 10.2. The molecule has 0 spiro atoms. The minimum absolute atomic E-state index is 0.158. The second kappa shape index (κ2) is 8.71. The quantitative estimate of drug-likeness (QED) is 0.768. The number of benzene rings is 2. The Morgan fingerprint density at radius 2 is 1.88 bits per heavy atom. The second-order valence-electron chi connectivity index (χ2n) is 5.81. The largest absolute Gasteiger partial charge is 0.497 e. The number of nitrogens with zero attached hydrogens (tertiary/aromatic N) is 1. The number of ether oxygens (including phenoxy) is 1. The lowest BCUT2D eigenvalue weighted by Gasteiger charge is -2.25. The van der Waals surface area contributed by atoms with E-state index in [4.69, 9.17) is 4.74 Å². The summed E-state index contributed by atoms with van der Waals surface area (Å²) in [5.74, 6) is 0.313. The van der Waals surface area contributed by atoms with Gasteiger partial charge in [0.25, 0.3) is 5.91 Å². The van der Waals surface area contributed by atoms with Crippen LogP contribution in [0.25, 0.3) is 0 Å². The first-order chi connectivity index (χ1) is 12.4. The van der Waals surface area contributed by atoms with Gasteiger partial charge in [0.05, 0.1) is 25.6 Å². The van der Waals surface area contributed by atoms with E-state index in [1.165, 1.54) is 17.7 Å². The maximum atomic E-state index is 12.3. The van der Waals surface area contributed by atoms with Crippen LogP contribution in [-0.2, 0) is 16.4 Å². The molecular formula is C19H24N2O4S. The van der Waals surface area contributed by atoms with Gasteiger partial charge in [-0.3, -0.25) is 9.10 Å². The summed E-state index contributed by atoms with van der Waals surface area (Å²) in [7, 11) is -1.93. The molecule has 0 aliphatic carbocycles. The number of carbonyl (C=O) groups is 1. The van der Waals surface area contributed by atoms with Gasteiger partial charge in [0, 0.05) is 12.1 Å². The molecule has 6 nitrogen and oxygen atoms in total. The lowest BCUT2D eigenvalue weighted by atomic mass is 10.1. The predicted molar refractivity (Wildman–Crippen MR) is 103 cm³/mol. The molecular weight excluding hydrogens is 352 g/mol. The molecule has 1 N–H and O–H groups in total. The van der Waals surface area contributed by atoms with Crippen molar-refractivity contribution in [2.45, 2.75) is 13.3 Å². The summed E-state index contributed by atoms with van der Waals surface area (Å²) in [6, 6.07) is 14.2. The van der Waals surface area contributed by atoms with E-state index in [0.29, 0.717) is 17.0 Å². The molecule has 2 rings (SSSR count). The van der Waals surface area contributed by atoms with E-state index >= 15 is 0 Å². The summed E-state index contributed by atoms with van der Waals surface area (Å²) in [5, 5.41) is 2.76. The molecule has 2 aromatic carbocycles. The van der Waals surface area contributed by atoms with Gasteiger partial charge in [0.1, 0.15) is 5.75 Å². The Morgan fingerprint density at radius 3 is 2.54 bits per heavy atom. The van der Waals surface area contributed by atoms with Gasteiger partial charge in [-0.1, -0.05) is 31.2 Å². The summed E-state index contributed by atoms with van der Waals surface area (Å²) in [4.78, 5) is 12.3. The van der Waals surface area contributed by atoms with Crippen molar-refractivity contribution < 1.29 is 17.9 Å². The molecule has 26 heavy (non-hydrogen) atoms. The van der Waals surface area contributed by atoms with E-state index in [-0.39, 0.29) is 19.0 Å². The zero-order chi connectivity index (χ0) is 19.2. The molecule has 140 valence electrons. The molecule has 0 bridgehead atoms. The van der Waals surface area contributed by atoms with Gasteiger partial charge in [-0.15, -0.1) is 0 Å². The molecule has 0 atom stereocenters. The fraction of sp³-hybridized carbons (Fsp3) is 0.316. The Bertz CT molecular complexity index is 865. The molecule has 0 aromatic heterocycles. The van der Waals surface area contributed by atoms with Crippen molar-refractivity contribution in [1.29, 1.82) is 0 Å². The molecule has 0 heterocycles. The minimum atomic E-state index is -3.46. The molecule has 0 fully saturated rings. The SMILES string of the molecule is CCc1ccccc1N(CCNC(=O)c1cccc(OC)c1)S(C)(=O)=O. The van der Waals surface area contributed by atoms with Crippen molar-refractivity contribution in [3.05, 3.63) is 59.7 Å². The molecule has 1 amide bonds. The van der Waals surface area contributed by atoms with Crippen LogP contribution < -0.4 is 14.4 Å². The summed E-state index contributed by atoms with van der Waals surface area (Å²) in [6.07, 6.45) is 1.89. The number of carbonyl (C=O) groups excluding carboxylic acids is 1. The average molecular weight is 376 g/mol. The van der Waals surface area contributed by atoms with Crippen LogP contribution in [0.5, 0.6) is 5.75 Å². The van der Waals surface area contributed by atoms with Crippen molar-refractivity contribution in [3.8, 4) is 5.75 Å². The number of rotatable bonds is 8. The Balaban J connectivity index is 2.10. The van der Waals surface area contributed by atoms with E-state index in [2.05, 4.69) is 5.32 Å². The summed E-state index contributed by atoms with van der Waals surface area (Å²) < 4.78 is 30.9. The van der Waals surface area contributed by atoms with Crippen molar-refractivity contribution >= 4 is 21.6 Å². The number of nitrogens with one attached hydrogen (secondary N) is 1. The van der Waals surface area contributed by atoms with Gasteiger partial charge in [0.2, 0.25) is 10.0 Å². The summed E-state index contributed by atoms with van der Waals surface area (Å²) >= 11 is 0. The fourth-order valence-electron chi connectivity index (χ4n) is 2.66. The molecule has 0 saturated carbocycles. The third-order valence-electron chi connectivity index (χ3n) is 3.97. The summed E-state index contributed by atoms with van der Waals surface area (Å²) in [6.45, 7) is 2.33. The number of anilines is 1. The number of amides is 1. The lowest BCUT2D eigenvalue weighted by Crippen LogP contribution is -2.38. The van der Waals surface area contributed by atoms with Crippen LogP contribution in [-0.4, -0.2) is 40.8 Å². The van der Waals surface area contributed by atoms with Crippen LogP contribution in [0.15, 0.2) is 48.5 Å². The molecule has 0 saturated heterocycles. The van der Waals surface area contributed by atoms with Crippen molar-refractivity contribution in [2.24, 2.45) is 0 Å². The Morgan fingerprint density at radius 1 is 1.15 bits per heavy atom. The number of hydrogen-bond donors (Lipinski definition) is 1. The smallest absolute Gasteiger partial charge is 0.251 e. The molecule has 0 aliphatic heterocycles. The maximum absolute atomic E-state index is 12.3. The van der Waals surface area contributed by atoms with E-state index in [1.807, 2.05) is 25.1 Å². The monoisotopic (exact) mass is 376 g/mol. The molecule has 7 heteroatoms. The van der Waals surface area contributed by atoms with Crippen LogP contribution in [0.4, 0.5) is 5.69 Å². The number of hydrogen-bond acceptors (Lipinski definition) is 4. The van der Waals surface area contributed by atoms with Crippen molar-refractivity contribution in [3.63, 3.8) is 0 Å². The predicted octanol–water partition coefficient (Wildman–Crippen LogP) is 2.45. The normalized spacial score (nSPS) is 11.0. The van der Waals surface area contributed by atoms with E-state index in [0.717, 1.165) is 12.0 Å². The number of aryl methyl sites for hydroxylation is 1. The Labute approximate surface area is 154 Å². The van der Waals surface area contributed by atoms with Gasteiger partial charge in [-0.2, -0.15) is 0 Å². The molecule has 2 aromatic rings. The highest BCUT2D eigenvalue weighted by Gasteiger charge is 2.19.